The average molecular weight is 659 g/mol. The summed E-state index contributed by atoms with van der Waals surface area (Å²) >= 11 is 0. The Morgan fingerprint density at radius 1 is 0.894 bits per heavy atom. The molecular formula is C36H42N4O6S. The van der Waals surface area contributed by atoms with Gasteiger partial charge in [-0.2, -0.15) is 8.42 Å². The van der Waals surface area contributed by atoms with Crippen LogP contribution in [0.5, 0.6) is 5.75 Å². The number of nitrogens with zero attached hydrogens (tertiary/aromatic N) is 4. The van der Waals surface area contributed by atoms with Gasteiger partial charge in [-0.25, -0.2) is 4.79 Å². The van der Waals surface area contributed by atoms with Crippen molar-refractivity contribution in [2.45, 2.75) is 50.2 Å². The molecule has 2 amide bonds. The van der Waals surface area contributed by atoms with Crippen LogP contribution in [-0.2, 0) is 32.5 Å². The number of likely N-dealkylation sites (N-methyl/N-ethyl adjacent to an activating group) is 1. The molecule has 0 spiro atoms. The molecule has 0 saturated carbocycles. The minimum atomic E-state index is -4.13. The van der Waals surface area contributed by atoms with Gasteiger partial charge in [-0.15, -0.1) is 0 Å². The number of carbonyl (C=O) groups is 2. The Labute approximate surface area is 277 Å². The Hall–Kier alpha value is -4.48. The summed E-state index contributed by atoms with van der Waals surface area (Å²) in [5.41, 5.74) is 1.29. The van der Waals surface area contributed by atoms with Crippen molar-refractivity contribution in [1.29, 1.82) is 0 Å². The van der Waals surface area contributed by atoms with Gasteiger partial charge in [-0.3, -0.25) is 19.6 Å². The van der Waals surface area contributed by atoms with E-state index in [4.69, 9.17) is 8.92 Å². The van der Waals surface area contributed by atoms with Crippen LogP contribution >= 0.6 is 0 Å². The molecule has 3 aromatic carbocycles. The molecule has 11 heteroatoms. The van der Waals surface area contributed by atoms with Crippen LogP contribution < -0.4 is 4.18 Å². The van der Waals surface area contributed by atoms with E-state index in [0.29, 0.717) is 23.9 Å². The molecule has 4 aromatic rings. The second-order valence-electron chi connectivity index (χ2n) is 12.7. The number of hydrogen-bond donors (Lipinski definition) is 0. The molecule has 1 aliphatic rings. The highest BCUT2D eigenvalue weighted by atomic mass is 32.2. The van der Waals surface area contributed by atoms with Crippen LogP contribution in [0.4, 0.5) is 4.79 Å². The molecule has 0 N–H and O–H groups in total. The predicted octanol–water partition coefficient (Wildman–Crippen LogP) is 5.17. The van der Waals surface area contributed by atoms with Crippen LogP contribution in [0.1, 0.15) is 31.9 Å². The molecule has 1 atom stereocenters. The molecule has 1 aliphatic heterocycles. The summed E-state index contributed by atoms with van der Waals surface area (Å²) in [4.78, 5) is 36.7. The van der Waals surface area contributed by atoms with Crippen molar-refractivity contribution in [3.8, 4) is 5.75 Å². The van der Waals surface area contributed by atoms with Crippen LogP contribution in [0.25, 0.3) is 10.8 Å². The molecule has 0 radical (unpaired) electrons. The van der Waals surface area contributed by atoms with Crippen molar-refractivity contribution < 1.29 is 26.9 Å². The third kappa shape index (κ3) is 8.87. The number of benzene rings is 3. The summed E-state index contributed by atoms with van der Waals surface area (Å²) in [5.74, 6) is -0.0239. The molecule has 47 heavy (non-hydrogen) atoms. The second kappa shape index (κ2) is 14.5. The number of rotatable bonds is 10. The first kappa shape index (κ1) is 33.9. The maximum Gasteiger partial charge on any atom is 0.410 e. The molecule has 0 aliphatic carbocycles. The predicted molar refractivity (Wildman–Crippen MR) is 181 cm³/mol. The normalized spacial score (nSPS) is 14.9. The number of pyridine rings is 1. The van der Waals surface area contributed by atoms with Gasteiger partial charge < -0.3 is 13.8 Å². The number of hydrogen-bond acceptors (Lipinski definition) is 8. The molecular weight excluding hydrogens is 616 g/mol. The first-order valence-electron chi connectivity index (χ1n) is 15.8. The fourth-order valence-electron chi connectivity index (χ4n) is 5.57. The minimum absolute atomic E-state index is 0.0475. The zero-order chi connectivity index (χ0) is 33.6. The van der Waals surface area contributed by atoms with Crippen molar-refractivity contribution in [3.05, 3.63) is 102 Å². The maximum absolute atomic E-state index is 14.0. The van der Waals surface area contributed by atoms with Crippen LogP contribution in [0, 0.1) is 0 Å². The smallest absolute Gasteiger partial charge is 0.410 e. The summed E-state index contributed by atoms with van der Waals surface area (Å²) in [6.07, 6.45) is 3.70. The van der Waals surface area contributed by atoms with Crippen molar-refractivity contribution in [2.24, 2.45) is 0 Å². The number of ether oxygens (including phenoxy) is 1. The average Bonchev–Trinajstić information content (AvgIpc) is 3.06. The topological polar surface area (TPSA) is 109 Å². The molecule has 10 nitrogen and oxygen atoms in total. The Bertz CT molecular complexity index is 1780. The highest BCUT2D eigenvalue weighted by molar-refractivity contribution is 7.87. The molecule has 1 aromatic heterocycles. The monoisotopic (exact) mass is 658 g/mol. The zero-order valence-electron chi connectivity index (χ0n) is 27.3. The number of fused-ring (bicyclic) bond motifs is 1. The number of amides is 2. The first-order chi connectivity index (χ1) is 22.4. The SMILES string of the molecule is CN(C(=O)OC(C)(C)C)[C@@H](Cc1ccc(OS(=O)(=O)c2cccc3cnccc23)cc1)C(=O)N1CCN(CCc2ccccc2)CC1. The van der Waals surface area contributed by atoms with E-state index in [9.17, 15) is 18.0 Å². The lowest BCUT2D eigenvalue weighted by Crippen LogP contribution is -2.56. The Balaban J connectivity index is 1.27. The maximum atomic E-state index is 14.0. The van der Waals surface area contributed by atoms with Gasteiger partial charge in [0.2, 0.25) is 5.91 Å². The van der Waals surface area contributed by atoms with Gasteiger partial charge >= 0.3 is 16.2 Å². The minimum Gasteiger partial charge on any atom is -0.444 e. The highest BCUT2D eigenvalue weighted by Crippen LogP contribution is 2.26. The first-order valence-corrected chi connectivity index (χ1v) is 17.2. The molecule has 248 valence electrons. The van der Waals surface area contributed by atoms with E-state index in [0.717, 1.165) is 31.6 Å². The molecule has 2 heterocycles. The van der Waals surface area contributed by atoms with E-state index in [1.165, 1.54) is 22.7 Å². The van der Waals surface area contributed by atoms with Crippen LogP contribution in [0.2, 0.25) is 0 Å². The fourth-order valence-corrected chi connectivity index (χ4v) is 6.73. The van der Waals surface area contributed by atoms with Gasteiger partial charge in [-0.05, 0) is 62.6 Å². The van der Waals surface area contributed by atoms with Gasteiger partial charge in [0, 0.05) is 69.4 Å². The summed E-state index contributed by atoms with van der Waals surface area (Å²) in [5, 5.41) is 1.20. The van der Waals surface area contributed by atoms with E-state index in [1.54, 1.807) is 76.5 Å². The lowest BCUT2D eigenvalue weighted by atomic mass is 10.0. The molecule has 0 bridgehead atoms. The lowest BCUT2D eigenvalue weighted by Gasteiger charge is -2.38. The van der Waals surface area contributed by atoms with Crippen LogP contribution in [-0.4, -0.2) is 91.5 Å². The van der Waals surface area contributed by atoms with E-state index < -0.39 is 27.9 Å². The number of piperazine rings is 1. The summed E-state index contributed by atoms with van der Waals surface area (Å²) < 4.78 is 37.5. The largest absolute Gasteiger partial charge is 0.444 e. The standard InChI is InChI=1S/C36H42N4O6S/c1-36(2,3)45-35(42)38(4)32(34(41)40-23-21-39(22-24-40)20-18-27-9-6-5-7-10-27)25-28-13-15-30(16-14-28)46-47(43,44)33-12-8-11-29-26-37-19-17-31(29)33/h5-17,19,26,32H,18,20-25H2,1-4H3/t32-/m0/s1. The number of aromatic nitrogens is 1. The van der Waals surface area contributed by atoms with E-state index >= 15 is 0 Å². The number of carbonyl (C=O) groups excluding carboxylic acids is 2. The zero-order valence-corrected chi connectivity index (χ0v) is 28.2. The third-order valence-corrected chi connectivity index (χ3v) is 9.45. The highest BCUT2D eigenvalue weighted by Gasteiger charge is 2.34. The summed E-state index contributed by atoms with van der Waals surface area (Å²) in [7, 11) is -2.55. The molecule has 0 unspecified atom stereocenters. The van der Waals surface area contributed by atoms with Gasteiger partial charge in [0.15, 0.2) is 0 Å². The second-order valence-corrected chi connectivity index (χ2v) is 14.3. The molecule has 5 rings (SSSR count). The van der Waals surface area contributed by atoms with Crippen molar-refractivity contribution in [3.63, 3.8) is 0 Å². The van der Waals surface area contributed by atoms with E-state index in [1.807, 2.05) is 23.1 Å². The summed E-state index contributed by atoms with van der Waals surface area (Å²) in [6, 6.07) is 22.6. The van der Waals surface area contributed by atoms with Crippen LogP contribution in [0.3, 0.4) is 0 Å². The van der Waals surface area contributed by atoms with Crippen molar-refractivity contribution >= 4 is 32.9 Å². The van der Waals surface area contributed by atoms with Crippen LogP contribution in [0.15, 0.2) is 96.2 Å². The molecule has 1 fully saturated rings. The van der Waals surface area contributed by atoms with Gasteiger partial charge in [0.05, 0.1) is 0 Å². The quantitative estimate of drug-likeness (QED) is 0.215. The third-order valence-electron chi connectivity index (χ3n) is 8.15. The molecule has 1 saturated heterocycles. The Morgan fingerprint density at radius 3 is 2.28 bits per heavy atom. The Kier molecular flexibility index (Phi) is 10.5. The van der Waals surface area contributed by atoms with Gasteiger partial charge in [-0.1, -0.05) is 54.6 Å². The Morgan fingerprint density at radius 2 is 1.60 bits per heavy atom. The summed E-state index contributed by atoms with van der Waals surface area (Å²) in [6.45, 7) is 8.87. The van der Waals surface area contributed by atoms with Crippen molar-refractivity contribution in [2.75, 3.05) is 39.8 Å². The van der Waals surface area contributed by atoms with E-state index in [-0.39, 0.29) is 23.0 Å². The van der Waals surface area contributed by atoms with Gasteiger partial charge in [0.25, 0.3) is 0 Å². The van der Waals surface area contributed by atoms with E-state index in [2.05, 4.69) is 22.0 Å². The van der Waals surface area contributed by atoms with Gasteiger partial charge in [0.1, 0.15) is 22.3 Å². The lowest BCUT2D eigenvalue weighted by molar-refractivity contribution is -0.138. The van der Waals surface area contributed by atoms with Crippen molar-refractivity contribution in [1.82, 2.24) is 19.7 Å². The fraction of sp³-hybridized carbons (Fsp3) is 0.361.